The number of methoxy groups -OCH3 is 1. The highest BCUT2D eigenvalue weighted by molar-refractivity contribution is 7.98. The first-order valence-electron chi connectivity index (χ1n) is 13.9. The van der Waals surface area contributed by atoms with Gasteiger partial charge in [0.1, 0.15) is 12.1 Å². The number of ether oxygens (including phenoxy) is 1. The number of esters is 1. The molecule has 0 spiro atoms. The van der Waals surface area contributed by atoms with Gasteiger partial charge in [0.05, 0.1) is 13.7 Å². The van der Waals surface area contributed by atoms with Crippen LogP contribution >= 0.6 is 11.8 Å². The number of fused-ring (bicyclic) bond motifs is 1. The molecule has 1 heterocycles. The van der Waals surface area contributed by atoms with Crippen molar-refractivity contribution in [3.8, 4) is 0 Å². The quantitative estimate of drug-likeness (QED) is 0.282. The topological polar surface area (TPSA) is 117 Å². The van der Waals surface area contributed by atoms with Gasteiger partial charge in [-0.25, -0.2) is 4.79 Å². The summed E-state index contributed by atoms with van der Waals surface area (Å²) in [5.74, 6) is -0.229. The van der Waals surface area contributed by atoms with Crippen molar-refractivity contribution in [1.29, 1.82) is 0 Å². The Morgan fingerprint density at radius 2 is 1.90 bits per heavy atom. The van der Waals surface area contributed by atoms with Gasteiger partial charge >= 0.3 is 5.97 Å². The van der Waals surface area contributed by atoms with Gasteiger partial charge in [-0.05, 0) is 47.1 Å². The maximum absolute atomic E-state index is 13.3. The zero-order valence-electron chi connectivity index (χ0n) is 23.9. The molecular formula is C30H42N4O5S. The lowest BCUT2D eigenvalue weighted by atomic mass is 9.97. The summed E-state index contributed by atoms with van der Waals surface area (Å²) in [6.07, 6.45) is 4.07. The maximum atomic E-state index is 13.3. The highest BCUT2D eigenvalue weighted by Gasteiger charge is 2.31. The molecule has 0 bridgehead atoms. The van der Waals surface area contributed by atoms with Crippen molar-refractivity contribution in [2.75, 3.05) is 32.2 Å². The third-order valence-electron chi connectivity index (χ3n) is 7.50. The minimum atomic E-state index is -0.722. The lowest BCUT2D eigenvalue weighted by molar-refractivity contribution is -0.145. The van der Waals surface area contributed by atoms with Crippen LogP contribution in [0.5, 0.6) is 0 Å². The van der Waals surface area contributed by atoms with Crippen molar-refractivity contribution < 1.29 is 23.9 Å². The molecule has 1 saturated heterocycles. The summed E-state index contributed by atoms with van der Waals surface area (Å²) in [6, 6.07) is 12.7. The Labute approximate surface area is 241 Å². The first-order valence-corrected chi connectivity index (χ1v) is 15.3. The van der Waals surface area contributed by atoms with Gasteiger partial charge < -0.3 is 20.7 Å². The average molecular weight is 571 g/mol. The van der Waals surface area contributed by atoms with E-state index in [2.05, 4.69) is 48.0 Å². The van der Waals surface area contributed by atoms with E-state index in [0.717, 1.165) is 22.8 Å². The molecule has 1 fully saturated rings. The van der Waals surface area contributed by atoms with Gasteiger partial charge in [0, 0.05) is 25.6 Å². The van der Waals surface area contributed by atoms with Gasteiger partial charge in [-0.1, -0.05) is 62.7 Å². The third kappa shape index (κ3) is 8.96. The molecule has 0 unspecified atom stereocenters. The summed E-state index contributed by atoms with van der Waals surface area (Å²) >= 11 is 1.60. The van der Waals surface area contributed by atoms with Crippen LogP contribution in [0.3, 0.4) is 0 Å². The van der Waals surface area contributed by atoms with Crippen LogP contribution in [0, 0.1) is 5.92 Å². The fourth-order valence-electron chi connectivity index (χ4n) is 4.95. The van der Waals surface area contributed by atoms with E-state index >= 15 is 0 Å². The lowest BCUT2D eigenvalue weighted by Gasteiger charge is -2.32. The fraction of sp³-hybridized carbons (Fsp3) is 0.533. The number of thioether (sulfide) groups is 1. The number of hydrogen-bond acceptors (Lipinski definition) is 7. The minimum Gasteiger partial charge on any atom is -0.467 e. The SMILES string of the molecule is CC[C@H](C)[C@@H](CN(CC(=O)N[C@@H](CCSC)C(=O)OC)Cc1cccc2ccccc12)NC(=O)[C@H]1CCC(=O)N1. The zero-order valence-corrected chi connectivity index (χ0v) is 24.7. The Morgan fingerprint density at radius 1 is 1.15 bits per heavy atom. The molecule has 0 aromatic heterocycles. The summed E-state index contributed by atoms with van der Waals surface area (Å²) < 4.78 is 4.92. The molecule has 2 aromatic rings. The summed E-state index contributed by atoms with van der Waals surface area (Å²) in [5.41, 5.74) is 1.06. The second kappa shape index (κ2) is 15.6. The van der Waals surface area contributed by atoms with Crippen LogP contribution in [0.2, 0.25) is 0 Å². The average Bonchev–Trinajstić information content (AvgIpc) is 3.40. The highest BCUT2D eigenvalue weighted by atomic mass is 32.2. The van der Waals surface area contributed by atoms with Crippen LogP contribution < -0.4 is 16.0 Å². The molecule has 1 aliphatic rings. The van der Waals surface area contributed by atoms with Crippen LogP contribution in [-0.2, 0) is 30.5 Å². The summed E-state index contributed by atoms with van der Waals surface area (Å²) in [7, 11) is 1.32. The van der Waals surface area contributed by atoms with Crippen LogP contribution in [0.25, 0.3) is 10.8 Å². The molecule has 218 valence electrons. The number of benzene rings is 2. The van der Waals surface area contributed by atoms with Gasteiger partial charge in [0.25, 0.3) is 0 Å². The normalized spacial score (nSPS) is 17.2. The van der Waals surface area contributed by atoms with E-state index in [-0.39, 0.29) is 36.2 Å². The van der Waals surface area contributed by atoms with Crippen LogP contribution in [0.1, 0.15) is 45.1 Å². The second-order valence-electron chi connectivity index (χ2n) is 10.4. The number of carbonyl (C=O) groups excluding carboxylic acids is 4. The predicted molar refractivity (Wildman–Crippen MR) is 159 cm³/mol. The lowest BCUT2D eigenvalue weighted by Crippen LogP contribution is -2.53. The molecule has 0 aliphatic carbocycles. The van der Waals surface area contributed by atoms with E-state index in [1.165, 1.54) is 7.11 Å². The molecular weight excluding hydrogens is 528 g/mol. The molecule has 2 aromatic carbocycles. The van der Waals surface area contributed by atoms with Crippen molar-refractivity contribution in [1.82, 2.24) is 20.9 Å². The number of nitrogens with zero attached hydrogens (tertiary/aromatic N) is 1. The minimum absolute atomic E-state index is 0.0406. The van der Waals surface area contributed by atoms with Gasteiger partial charge in [-0.3, -0.25) is 19.3 Å². The van der Waals surface area contributed by atoms with Gasteiger partial charge in [0.2, 0.25) is 17.7 Å². The van der Waals surface area contributed by atoms with Gasteiger partial charge in [-0.2, -0.15) is 11.8 Å². The molecule has 3 N–H and O–H groups in total. The van der Waals surface area contributed by atoms with E-state index in [1.807, 2.05) is 35.4 Å². The van der Waals surface area contributed by atoms with E-state index in [1.54, 1.807) is 11.8 Å². The first kappa shape index (κ1) is 31.4. The molecule has 0 saturated carbocycles. The van der Waals surface area contributed by atoms with Crippen molar-refractivity contribution in [2.45, 2.75) is 64.2 Å². The fourth-order valence-corrected chi connectivity index (χ4v) is 5.42. The van der Waals surface area contributed by atoms with E-state index in [4.69, 9.17) is 4.74 Å². The summed E-state index contributed by atoms with van der Waals surface area (Å²) in [4.78, 5) is 52.3. The number of nitrogens with one attached hydrogen (secondary N) is 3. The van der Waals surface area contributed by atoms with Crippen LogP contribution in [0.15, 0.2) is 42.5 Å². The largest absolute Gasteiger partial charge is 0.467 e. The Hall–Kier alpha value is -3.11. The molecule has 0 radical (unpaired) electrons. The van der Waals surface area contributed by atoms with Crippen LogP contribution in [0.4, 0.5) is 0 Å². The van der Waals surface area contributed by atoms with Crippen molar-refractivity contribution >= 4 is 46.2 Å². The maximum Gasteiger partial charge on any atom is 0.328 e. The Balaban J connectivity index is 1.83. The highest BCUT2D eigenvalue weighted by Crippen LogP contribution is 2.21. The molecule has 1 aliphatic heterocycles. The third-order valence-corrected chi connectivity index (χ3v) is 8.14. The Morgan fingerprint density at radius 3 is 2.58 bits per heavy atom. The van der Waals surface area contributed by atoms with E-state index < -0.39 is 18.1 Å². The number of hydrogen-bond donors (Lipinski definition) is 3. The van der Waals surface area contributed by atoms with Crippen molar-refractivity contribution in [2.24, 2.45) is 5.92 Å². The second-order valence-corrected chi connectivity index (χ2v) is 11.4. The molecule has 4 atom stereocenters. The van der Waals surface area contributed by atoms with Crippen LogP contribution in [-0.4, -0.2) is 78.9 Å². The van der Waals surface area contributed by atoms with Crippen molar-refractivity contribution in [3.05, 3.63) is 48.0 Å². The monoisotopic (exact) mass is 570 g/mol. The summed E-state index contributed by atoms with van der Waals surface area (Å²) in [6.45, 7) is 5.08. The summed E-state index contributed by atoms with van der Waals surface area (Å²) in [5, 5.41) is 11.0. The van der Waals surface area contributed by atoms with Gasteiger partial charge in [0.15, 0.2) is 0 Å². The zero-order chi connectivity index (χ0) is 29.1. The van der Waals surface area contributed by atoms with E-state index in [0.29, 0.717) is 38.1 Å². The molecule has 10 heteroatoms. The number of amides is 3. The van der Waals surface area contributed by atoms with E-state index in [9.17, 15) is 19.2 Å². The molecule has 3 amide bonds. The predicted octanol–water partition coefficient (Wildman–Crippen LogP) is 2.86. The molecule has 40 heavy (non-hydrogen) atoms. The smallest absolute Gasteiger partial charge is 0.328 e. The molecule has 3 rings (SSSR count). The van der Waals surface area contributed by atoms with Crippen molar-refractivity contribution in [3.63, 3.8) is 0 Å². The number of rotatable bonds is 15. The van der Waals surface area contributed by atoms with Gasteiger partial charge in [-0.15, -0.1) is 0 Å². The number of carbonyl (C=O) groups is 4. The Bertz CT molecular complexity index is 1170. The Kier molecular flexibility index (Phi) is 12.3. The first-order chi connectivity index (χ1) is 19.2. The standard InChI is InChI=1S/C30H42N4O5S/c1-5-20(2)26(33-29(37)24-13-14-27(35)31-24)18-34(17-22-11-8-10-21-9-6-7-12-23(21)22)19-28(36)32-25(15-16-40-4)30(38)39-3/h6-12,20,24-26H,5,13-19H2,1-4H3,(H,31,35)(H,32,36)(H,33,37)/t20-,24+,25-,26+/m0/s1. The molecule has 9 nitrogen and oxygen atoms in total.